The number of hydrogen-bond donors (Lipinski definition) is 1. The van der Waals surface area contributed by atoms with E-state index in [1.165, 1.54) is 23.5 Å². The summed E-state index contributed by atoms with van der Waals surface area (Å²) in [4.78, 5) is 12.3. The molecule has 28 heavy (non-hydrogen) atoms. The molecular weight excluding hydrogens is 380 g/mol. The number of amides is 1. The summed E-state index contributed by atoms with van der Waals surface area (Å²) in [5.41, 5.74) is 0.506. The quantitative estimate of drug-likeness (QED) is 0.767. The Labute approximate surface area is 165 Å². The number of nitrogens with zero attached hydrogens (tertiary/aromatic N) is 1. The third-order valence-electron chi connectivity index (χ3n) is 4.52. The highest BCUT2D eigenvalue weighted by Crippen LogP contribution is 2.26. The highest BCUT2D eigenvalue weighted by atomic mass is 32.2. The van der Waals surface area contributed by atoms with Crippen LogP contribution < -0.4 is 14.8 Å². The summed E-state index contributed by atoms with van der Waals surface area (Å²) in [6.07, 6.45) is 2.84. The number of piperidine rings is 1. The number of rotatable bonds is 7. The molecule has 2 aromatic rings. The average molecular weight is 404 g/mol. The topological polar surface area (TPSA) is 84.9 Å². The zero-order chi connectivity index (χ0) is 20.0. The molecule has 0 aromatic heterocycles. The van der Waals surface area contributed by atoms with Crippen LogP contribution >= 0.6 is 0 Å². The molecular formula is C20H24N2O5S. The second-order valence-electron chi connectivity index (χ2n) is 6.48. The fourth-order valence-corrected chi connectivity index (χ4v) is 4.56. The molecule has 2 aromatic carbocycles. The van der Waals surface area contributed by atoms with E-state index in [1.54, 1.807) is 30.3 Å². The van der Waals surface area contributed by atoms with Crippen molar-refractivity contribution in [3.63, 3.8) is 0 Å². The Balaban J connectivity index is 1.58. The Bertz CT molecular complexity index is 906. The number of hydrogen-bond acceptors (Lipinski definition) is 5. The van der Waals surface area contributed by atoms with Gasteiger partial charge in [-0.25, -0.2) is 8.42 Å². The van der Waals surface area contributed by atoms with Gasteiger partial charge in [-0.3, -0.25) is 4.79 Å². The van der Waals surface area contributed by atoms with Crippen LogP contribution in [0.3, 0.4) is 0 Å². The molecule has 1 aliphatic rings. The van der Waals surface area contributed by atoms with Gasteiger partial charge in [-0.2, -0.15) is 4.31 Å². The molecule has 0 saturated carbocycles. The van der Waals surface area contributed by atoms with Gasteiger partial charge in [0, 0.05) is 18.8 Å². The minimum atomic E-state index is -3.48. The summed E-state index contributed by atoms with van der Waals surface area (Å²) < 4.78 is 37.5. The van der Waals surface area contributed by atoms with Crippen LogP contribution in [0, 0.1) is 0 Å². The number of sulfonamides is 1. The first-order valence-corrected chi connectivity index (χ1v) is 10.6. The zero-order valence-corrected chi connectivity index (χ0v) is 16.6. The normalized spacial score (nSPS) is 15.0. The first kappa shape index (κ1) is 20.2. The van der Waals surface area contributed by atoms with E-state index in [1.807, 2.05) is 6.07 Å². The summed E-state index contributed by atoms with van der Waals surface area (Å²) in [7, 11) is -1.95. The number of nitrogens with one attached hydrogen (secondary N) is 1. The van der Waals surface area contributed by atoms with Crippen LogP contribution in [0.5, 0.6) is 11.5 Å². The number of methoxy groups -OCH3 is 1. The standard InChI is InChI=1S/C20H24N2O5S/c1-26-18-7-3-4-8-19(18)27-15-20(23)21-16-9-11-17(12-10-16)28(24,25)22-13-5-2-6-14-22/h3-4,7-12H,2,5-6,13-15H2,1H3,(H,21,23). The van der Waals surface area contributed by atoms with E-state index in [2.05, 4.69) is 5.32 Å². The third-order valence-corrected chi connectivity index (χ3v) is 6.43. The molecule has 1 amide bonds. The fourth-order valence-electron chi connectivity index (χ4n) is 3.04. The number of carbonyl (C=O) groups excluding carboxylic acids is 1. The van der Waals surface area contributed by atoms with Gasteiger partial charge >= 0.3 is 0 Å². The molecule has 0 radical (unpaired) electrons. The van der Waals surface area contributed by atoms with Gasteiger partial charge in [-0.1, -0.05) is 18.6 Å². The lowest BCUT2D eigenvalue weighted by molar-refractivity contribution is -0.118. The Morgan fingerprint density at radius 1 is 1.00 bits per heavy atom. The minimum Gasteiger partial charge on any atom is -0.493 e. The van der Waals surface area contributed by atoms with Crippen LogP contribution in [-0.4, -0.2) is 45.4 Å². The van der Waals surface area contributed by atoms with Crippen molar-refractivity contribution in [2.45, 2.75) is 24.2 Å². The monoisotopic (exact) mass is 404 g/mol. The predicted octanol–water partition coefficient (Wildman–Crippen LogP) is 2.89. The summed E-state index contributed by atoms with van der Waals surface area (Å²) in [6, 6.07) is 13.3. The molecule has 1 aliphatic heterocycles. The second-order valence-corrected chi connectivity index (χ2v) is 8.41. The van der Waals surface area contributed by atoms with Crippen LogP contribution in [0.15, 0.2) is 53.4 Å². The fraction of sp³-hybridized carbons (Fsp3) is 0.350. The smallest absolute Gasteiger partial charge is 0.262 e. The van der Waals surface area contributed by atoms with Gasteiger partial charge in [0.2, 0.25) is 10.0 Å². The Morgan fingerprint density at radius 3 is 2.29 bits per heavy atom. The molecule has 1 saturated heterocycles. The molecule has 7 nitrogen and oxygen atoms in total. The molecule has 0 spiro atoms. The molecule has 0 aliphatic carbocycles. The summed E-state index contributed by atoms with van der Waals surface area (Å²) in [5.74, 6) is 0.670. The maximum Gasteiger partial charge on any atom is 0.262 e. The van der Waals surface area contributed by atoms with Gasteiger partial charge in [0.1, 0.15) is 0 Å². The van der Waals surface area contributed by atoms with E-state index >= 15 is 0 Å². The highest BCUT2D eigenvalue weighted by molar-refractivity contribution is 7.89. The van der Waals surface area contributed by atoms with Gasteiger partial charge < -0.3 is 14.8 Å². The van der Waals surface area contributed by atoms with Crippen LogP contribution in [-0.2, 0) is 14.8 Å². The van der Waals surface area contributed by atoms with Gasteiger partial charge in [0.25, 0.3) is 5.91 Å². The molecule has 8 heteroatoms. The third kappa shape index (κ3) is 4.82. The lowest BCUT2D eigenvalue weighted by atomic mass is 10.2. The maximum atomic E-state index is 12.6. The van der Waals surface area contributed by atoms with Crippen molar-refractivity contribution in [2.75, 3.05) is 32.1 Å². The summed E-state index contributed by atoms with van der Waals surface area (Å²) >= 11 is 0. The molecule has 3 rings (SSSR count). The largest absolute Gasteiger partial charge is 0.493 e. The molecule has 150 valence electrons. The van der Waals surface area contributed by atoms with Gasteiger partial charge in [0.15, 0.2) is 18.1 Å². The SMILES string of the molecule is COc1ccccc1OCC(=O)Nc1ccc(S(=O)(=O)N2CCCCC2)cc1. The minimum absolute atomic E-state index is 0.186. The molecule has 0 atom stereocenters. The zero-order valence-electron chi connectivity index (χ0n) is 15.8. The lowest BCUT2D eigenvalue weighted by Gasteiger charge is -2.25. The highest BCUT2D eigenvalue weighted by Gasteiger charge is 2.25. The van der Waals surface area contributed by atoms with Crippen LogP contribution in [0.1, 0.15) is 19.3 Å². The Hall–Kier alpha value is -2.58. The predicted molar refractivity (Wildman–Crippen MR) is 106 cm³/mol. The van der Waals surface area contributed by atoms with Crippen molar-refractivity contribution in [2.24, 2.45) is 0 Å². The van der Waals surface area contributed by atoms with E-state index in [9.17, 15) is 13.2 Å². The van der Waals surface area contributed by atoms with Crippen LogP contribution in [0.4, 0.5) is 5.69 Å². The molecule has 1 N–H and O–H groups in total. The van der Waals surface area contributed by atoms with Crippen molar-refractivity contribution in [1.29, 1.82) is 0 Å². The van der Waals surface area contributed by atoms with E-state index in [4.69, 9.17) is 9.47 Å². The van der Waals surface area contributed by atoms with Gasteiger partial charge in [-0.15, -0.1) is 0 Å². The van der Waals surface area contributed by atoms with Crippen LogP contribution in [0.25, 0.3) is 0 Å². The van der Waals surface area contributed by atoms with E-state index < -0.39 is 10.0 Å². The van der Waals surface area contributed by atoms with Crippen LogP contribution in [0.2, 0.25) is 0 Å². The van der Waals surface area contributed by atoms with Crippen molar-refractivity contribution in [3.05, 3.63) is 48.5 Å². The Kier molecular flexibility index (Phi) is 6.53. The van der Waals surface area contributed by atoms with Crippen molar-refractivity contribution < 1.29 is 22.7 Å². The van der Waals surface area contributed by atoms with Crippen molar-refractivity contribution >= 4 is 21.6 Å². The maximum absolute atomic E-state index is 12.6. The number of ether oxygens (including phenoxy) is 2. The molecule has 0 unspecified atom stereocenters. The van der Waals surface area contributed by atoms with E-state index in [0.29, 0.717) is 30.3 Å². The van der Waals surface area contributed by atoms with Gasteiger partial charge in [-0.05, 0) is 49.2 Å². The van der Waals surface area contributed by atoms with Gasteiger partial charge in [0.05, 0.1) is 12.0 Å². The van der Waals surface area contributed by atoms with E-state index in [-0.39, 0.29) is 17.4 Å². The van der Waals surface area contributed by atoms with Crippen molar-refractivity contribution in [1.82, 2.24) is 4.31 Å². The molecule has 0 bridgehead atoms. The molecule has 1 heterocycles. The Morgan fingerprint density at radius 2 is 1.64 bits per heavy atom. The number of benzene rings is 2. The number of para-hydroxylation sites is 2. The number of anilines is 1. The first-order valence-electron chi connectivity index (χ1n) is 9.16. The molecule has 1 fully saturated rings. The summed E-state index contributed by atoms with van der Waals surface area (Å²) in [5, 5.41) is 2.69. The lowest BCUT2D eigenvalue weighted by Crippen LogP contribution is -2.35. The average Bonchev–Trinajstić information content (AvgIpc) is 2.73. The number of carbonyl (C=O) groups is 1. The van der Waals surface area contributed by atoms with Crippen molar-refractivity contribution in [3.8, 4) is 11.5 Å². The second kappa shape index (κ2) is 9.07. The van der Waals surface area contributed by atoms with E-state index in [0.717, 1.165) is 19.3 Å². The summed E-state index contributed by atoms with van der Waals surface area (Å²) in [6.45, 7) is 0.927. The first-order chi connectivity index (χ1) is 13.5.